The zero-order valence-corrected chi connectivity index (χ0v) is 11.8. The molecule has 4 nitrogen and oxygen atoms in total. The molecule has 0 fully saturated rings. The average Bonchev–Trinajstić information content (AvgIpc) is 2.41. The third-order valence-electron chi connectivity index (χ3n) is 3.15. The summed E-state index contributed by atoms with van der Waals surface area (Å²) in [6.07, 6.45) is 3.21. The van der Waals surface area contributed by atoms with Crippen molar-refractivity contribution in [2.45, 2.75) is 32.9 Å². The van der Waals surface area contributed by atoms with Crippen molar-refractivity contribution < 1.29 is 4.39 Å². The van der Waals surface area contributed by atoms with Crippen LogP contribution >= 0.6 is 0 Å². The largest absolute Gasteiger partial charge is 0.359 e. The second-order valence-corrected chi connectivity index (χ2v) is 4.97. The molecule has 0 spiro atoms. The fourth-order valence-electron chi connectivity index (χ4n) is 2.04. The minimum absolute atomic E-state index is 0.0508. The van der Waals surface area contributed by atoms with Gasteiger partial charge in [0.15, 0.2) is 5.82 Å². The van der Waals surface area contributed by atoms with Crippen LogP contribution in [0.15, 0.2) is 41.5 Å². The molecule has 0 amide bonds. The predicted molar refractivity (Wildman–Crippen MR) is 77.3 cm³/mol. The van der Waals surface area contributed by atoms with Gasteiger partial charge >= 0.3 is 0 Å². The van der Waals surface area contributed by atoms with Gasteiger partial charge in [0.2, 0.25) is 0 Å². The van der Waals surface area contributed by atoms with Gasteiger partial charge in [-0.1, -0.05) is 18.2 Å². The summed E-state index contributed by atoms with van der Waals surface area (Å²) < 4.78 is 15.3. The fraction of sp³-hybridized carbons (Fsp3) is 0.333. The van der Waals surface area contributed by atoms with Crippen molar-refractivity contribution in [1.82, 2.24) is 9.55 Å². The summed E-state index contributed by atoms with van der Waals surface area (Å²) in [5, 5.41) is 2.98. The van der Waals surface area contributed by atoms with E-state index in [-0.39, 0.29) is 29.3 Å². The van der Waals surface area contributed by atoms with Gasteiger partial charge < -0.3 is 9.88 Å². The van der Waals surface area contributed by atoms with Crippen molar-refractivity contribution in [2.24, 2.45) is 0 Å². The van der Waals surface area contributed by atoms with Crippen LogP contribution in [-0.4, -0.2) is 9.55 Å². The summed E-state index contributed by atoms with van der Waals surface area (Å²) in [6, 6.07) is 6.21. The second-order valence-electron chi connectivity index (χ2n) is 4.97. The van der Waals surface area contributed by atoms with Crippen LogP contribution < -0.4 is 10.9 Å². The molecule has 2 aromatic rings. The first-order valence-corrected chi connectivity index (χ1v) is 6.59. The van der Waals surface area contributed by atoms with Gasteiger partial charge in [-0.15, -0.1) is 0 Å². The van der Waals surface area contributed by atoms with Crippen molar-refractivity contribution >= 4 is 5.82 Å². The molecule has 0 bridgehead atoms. The van der Waals surface area contributed by atoms with Crippen molar-refractivity contribution in [2.75, 3.05) is 5.32 Å². The number of nitrogens with zero attached hydrogens (tertiary/aromatic N) is 2. The summed E-state index contributed by atoms with van der Waals surface area (Å²) >= 11 is 0. The minimum Gasteiger partial charge on any atom is -0.359 e. The Hall–Kier alpha value is -2.17. The molecule has 0 aliphatic heterocycles. The van der Waals surface area contributed by atoms with E-state index >= 15 is 0 Å². The fourth-order valence-corrected chi connectivity index (χ4v) is 2.04. The normalized spacial score (nSPS) is 12.4. The van der Waals surface area contributed by atoms with Gasteiger partial charge in [-0.2, -0.15) is 0 Å². The molecule has 1 unspecified atom stereocenters. The molecule has 5 heteroatoms. The highest BCUT2D eigenvalue weighted by Gasteiger charge is 2.13. The molecule has 1 atom stereocenters. The minimum atomic E-state index is -0.334. The maximum atomic E-state index is 13.7. The van der Waals surface area contributed by atoms with Gasteiger partial charge in [0.1, 0.15) is 5.82 Å². The lowest BCUT2D eigenvalue weighted by Gasteiger charge is -2.17. The Bertz CT molecular complexity index is 652. The molecule has 1 N–H and O–H groups in total. The van der Waals surface area contributed by atoms with E-state index in [4.69, 9.17) is 0 Å². The van der Waals surface area contributed by atoms with Crippen LogP contribution in [-0.2, 0) is 0 Å². The van der Waals surface area contributed by atoms with Crippen LogP contribution in [0.25, 0.3) is 0 Å². The molecular formula is C15H18FN3O. The van der Waals surface area contributed by atoms with Crippen molar-refractivity contribution in [3.05, 3.63) is 58.4 Å². The van der Waals surface area contributed by atoms with Crippen molar-refractivity contribution in [3.8, 4) is 0 Å². The van der Waals surface area contributed by atoms with E-state index in [1.54, 1.807) is 42.1 Å². The van der Waals surface area contributed by atoms with E-state index in [1.165, 1.54) is 6.07 Å². The van der Waals surface area contributed by atoms with Crippen molar-refractivity contribution in [1.29, 1.82) is 0 Å². The number of hydrogen-bond donors (Lipinski definition) is 1. The number of halogens is 1. The molecule has 1 aromatic heterocycles. The topological polar surface area (TPSA) is 46.9 Å². The predicted octanol–water partition coefficient (Wildman–Crippen LogP) is 3.14. The Morgan fingerprint density at radius 1 is 1.25 bits per heavy atom. The Morgan fingerprint density at radius 3 is 2.60 bits per heavy atom. The zero-order chi connectivity index (χ0) is 14.7. The first kappa shape index (κ1) is 14.2. The summed E-state index contributed by atoms with van der Waals surface area (Å²) in [7, 11) is 0. The Morgan fingerprint density at radius 2 is 1.95 bits per heavy atom. The number of hydrogen-bond acceptors (Lipinski definition) is 3. The van der Waals surface area contributed by atoms with Crippen LogP contribution in [0.3, 0.4) is 0 Å². The van der Waals surface area contributed by atoms with Gasteiger partial charge in [0.05, 0.1) is 6.04 Å². The highest BCUT2D eigenvalue weighted by molar-refractivity contribution is 5.36. The van der Waals surface area contributed by atoms with Crippen molar-refractivity contribution in [3.63, 3.8) is 0 Å². The second kappa shape index (κ2) is 5.86. The van der Waals surface area contributed by atoms with E-state index in [1.807, 2.05) is 13.8 Å². The highest BCUT2D eigenvalue weighted by atomic mass is 19.1. The first-order valence-electron chi connectivity index (χ1n) is 6.59. The maximum absolute atomic E-state index is 13.7. The van der Waals surface area contributed by atoms with Crippen LogP contribution in [0.4, 0.5) is 10.2 Å². The lowest BCUT2D eigenvalue weighted by Crippen LogP contribution is -2.26. The van der Waals surface area contributed by atoms with E-state index < -0.39 is 0 Å². The van der Waals surface area contributed by atoms with Crippen LogP contribution in [0.1, 0.15) is 38.4 Å². The molecule has 1 aromatic carbocycles. The quantitative estimate of drug-likeness (QED) is 0.932. The molecular weight excluding hydrogens is 257 g/mol. The standard InChI is InChI=1S/C15H18FN3O/c1-10(2)19-9-8-17-14(15(19)20)18-11(3)12-6-4-5-7-13(12)16/h4-11H,1-3H3,(H,17,18). The summed E-state index contributed by atoms with van der Waals surface area (Å²) in [6.45, 7) is 5.64. The SMILES string of the molecule is CC(Nc1nccn(C(C)C)c1=O)c1ccccc1F. The zero-order valence-electron chi connectivity index (χ0n) is 11.8. The molecule has 0 radical (unpaired) electrons. The molecule has 0 saturated heterocycles. The van der Waals surface area contributed by atoms with Gasteiger partial charge in [0.25, 0.3) is 5.56 Å². The van der Waals surface area contributed by atoms with E-state index in [2.05, 4.69) is 10.3 Å². The Kier molecular flexibility index (Phi) is 4.17. The van der Waals surface area contributed by atoms with Crippen LogP contribution in [0.2, 0.25) is 0 Å². The third kappa shape index (κ3) is 2.87. The third-order valence-corrected chi connectivity index (χ3v) is 3.15. The summed E-state index contributed by atoms with van der Waals surface area (Å²) in [4.78, 5) is 16.3. The number of rotatable bonds is 4. The smallest absolute Gasteiger partial charge is 0.293 e. The number of benzene rings is 1. The van der Waals surface area contributed by atoms with E-state index in [0.29, 0.717) is 5.56 Å². The molecule has 106 valence electrons. The van der Waals surface area contributed by atoms with Gasteiger partial charge in [0, 0.05) is 24.0 Å². The summed E-state index contributed by atoms with van der Waals surface area (Å²) in [5.41, 5.74) is 0.305. The van der Waals surface area contributed by atoms with Crippen LogP contribution in [0, 0.1) is 5.82 Å². The van der Waals surface area contributed by atoms with Gasteiger partial charge in [-0.05, 0) is 26.8 Å². The molecule has 1 heterocycles. The Balaban J connectivity index is 2.29. The summed E-state index contributed by atoms with van der Waals surface area (Å²) in [5.74, 6) is -0.0652. The lowest BCUT2D eigenvalue weighted by atomic mass is 10.1. The molecule has 0 aliphatic rings. The average molecular weight is 275 g/mol. The molecule has 20 heavy (non-hydrogen) atoms. The maximum Gasteiger partial charge on any atom is 0.293 e. The number of aromatic nitrogens is 2. The van der Waals surface area contributed by atoms with E-state index in [0.717, 1.165) is 0 Å². The lowest BCUT2D eigenvalue weighted by molar-refractivity contribution is 0.572. The highest BCUT2D eigenvalue weighted by Crippen LogP contribution is 2.19. The van der Waals surface area contributed by atoms with E-state index in [9.17, 15) is 9.18 Å². The number of nitrogens with one attached hydrogen (secondary N) is 1. The first-order chi connectivity index (χ1) is 9.50. The van der Waals surface area contributed by atoms with Gasteiger partial charge in [-0.3, -0.25) is 4.79 Å². The van der Waals surface area contributed by atoms with Crippen LogP contribution in [0.5, 0.6) is 0 Å². The molecule has 0 aliphatic carbocycles. The molecule has 0 saturated carbocycles. The Labute approximate surface area is 117 Å². The molecule has 2 rings (SSSR count). The van der Waals surface area contributed by atoms with Gasteiger partial charge in [-0.25, -0.2) is 9.37 Å². The number of anilines is 1. The monoisotopic (exact) mass is 275 g/mol.